The molecule has 1 fully saturated rings. The first-order chi connectivity index (χ1) is 9.15. The Bertz CT molecular complexity index is 421. The standard InChI is InChI=1S/C15H22ClFN2/c1-2-7-19(10-11-3-4-11)15(9-18)12-5-6-14(17)13(16)8-12/h5-6,8,11,15H,2-4,7,9-10,18H2,1H3. The lowest BCUT2D eigenvalue weighted by Crippen LogP contribution is -2.36. The summed E-state index contributed by atoms with van der Waals surface area (Å²) in [6.45, 7) is 4.82. The lowest BCUT2D eigenvalue weighted by atomic mass is 10.0. The van der Waals surface area contributed by atoms with Crippen LogP contribution < -0.4 is 5.73 Å². The van der Waals surface area contributed by atoms with Gasteiger partial charge in [-0.1, -0.05) is 24.6 Å². The third kappa shape index (κ3) is 3.91. The molecule has 4 heteroatoms. The molecule has 1 aromatic rings. The van der Waals surface area contributed by atoms with Crippen molar-refractivity contribution in [2.24, 2.45) is 11.7 Å². The molecule has 0 spiro atoms. The molecule has 0 aliphatic heterocycles. The van der Waals surface area contributed by atoms with Crippen LogP contribution in [0.15, 0.2) is 18.2 Å². The van der Waals surface area contributed by atoms with Crippen LogP contribution in [0, 0.1) is 11.7 Å². The quantitative estimate of drug-likeness (QED) is 0.829. The second kappa shape index (κ2) is 6.69. The molecule has 0 amide bonds. The molecule has 106 valence electrons. The van der Waals surface area contributed by atoms with Gasteiger partial charge in [-0.25, -0.2) is 4.39 Å². The van der Waals surface area contributed by atoms with E-state index in [1.54, 1.807) is 12.1 Å². The van der Waals surface area contributed by atoms with Gasteiger partial charge in [-0.2, -0.15) is 0 Å². The van der Waals surface area contributed by atoms with E-state index in [4.69, 9.17) is 17.3 Å². The molecule has 1 unspecified atom stereocenters. The van der Waals surface area contributed by atoms with Crippen LogP contribution in [0.3, 0.4) is 0 Å². The summed E-state index contributed by atoms with van der Waals surface area (Å²) in [5.74, 6) is 0.446. The number of halogens is 2. The second-order valence-electron chi connectivity index (χ2n) is 5.36. The number of benzene rings is 1. The minimum atomic E-state index is -0.370. The SMILES string of the molecule is CCCN(CC1CC1)C(CN)c1ccc(F)c(Cl)c1. The maximum Gasteiger partial charge on any atom is 0.141 e. The Morgan fingerprint density at radius 1 is 1.47 bits per heavy atom. The van der Waals surface area contributed by atoms with Crippen LogP contribution >= 0.6 is 11.6 Å². The maximum absolute atomic E-state index is 13.3. The summed E-state index contributed by atoms with van der Waals surface area (Å²) < 4.78 is 13.3. The Balaban J connectivity index is 2.16. The van der Waals surface area contributed by atoms with Crippen molar-refractivity contribution in [2.75, 3.05) is 19.6 Å². The van der Waals surface area contributed by atoms with E-state index in [0.717, 1.165) is 31.0 Å². The Hall–Kier alpha value is -0.640. The first-order valence-corrected chi connectivity index (χ1v) is 7.42. The van der Waals surface area contributed by atoms with Crippen molar-refractivity contribution in [2.45, 2.75) is 32.2 Å². The van der Waals surface area contributed by atoms with E-state index in [1.165, 1.54) is 18.9 Å². The van der Waals surface area contributed by atoms with Crippen molar-refractivity contribution in [3.8, 4) is 0 Å². The lowest BCUT2D eigenvalue weighted by molar-refractivity contribution is 0.193. The zero-order valence-electron chi connectivity index (χ0n) is 11.4. The number of nitrogens with zero attached hydrogens (tertiary/aromatic N) is 1. The highest BCUT2D eigenvalue weighted by molar-refractivity contribution is 6.30. The van der Waals surface area contributed by atoms with Gasteiger partial charge < -0.3 is 5.73 Å². The Morgan fingerprint density at radius 3 is 2.74 bits per heavy atom. The molecule has 0 heterocycles. The zero-order chi connectivity index (χ0) is 13.8. The van der Waals surface area contributed by atoms with Crippen LogP contribution in [-0.2, 0) is 0 Å². The normalized spacial score (nSPS) is 16.9. The predicted molar refractivity (Wildman–Crippen MR) is 77.8 cm³/mol. The third-order valence-electron chi connectivity index (χ3n) is 3.69. The van der Waals surface area contributed by atoms with Crippen molar-refractivity contribution in [1.82, 2.24) is 4.90 Å². The number of hydrogen-bond donors (Lipinski definition) is 1. The summed E-state index contributed by atoms with van der Waals surface area (Å²) in [5, 5.41) is 0.179. The van der Waals surface area contributed by atoms with E-state index in [9.17, 15) is 4.39 Å². The number of hydrogen-bond acceptors (Lipinski definition) is 2. The summed E-state index contributed by atoms with van der Waals surface area (Å²) in [4.78, 5) is 2.42. The molecule has 0 saturated heterocycles. The average Bonchev–Trinajstić information content (AvgIpc) is 3.19. The van der Waals surface area contributed by atoms with E-state index in [0.29, 0.717) is 6.54 Å². The van der Waals surface area contributed by atoms with Gasteiger partial charge in [-0.05, 0) is 49.4 Å². The molecule has 0 radical (unpaired) electrons. The molecule has 1 aliphatic carbocycles. The Morgan fingerprint density at radius 2 is 2.21 bits per heavy atom. The highest BCUT2D eigenvalue weighted by Gasteiger charge is 2.28. The fraction of sp³-hybridized carbons (Fsp3) is 0.600. The largest absolute Gasteiger partial charge is 0.329 e. The minimum absolute atomic E-state index is 0.138. The van der Waals surface area contributed by atoms with Gasteiger partial charge in [0.25, 0.3) is 0 Å². The van der Waals surface area contributed by atoms with E-state index < -0.39 is 0 Å². The van der Waals surface area contributed by atoms with Crippen molar-refractivity contribution in [3.63, 3.8) is 0 Å². The molecule has 1 aromatic carbocycles. The Kier molecular flexibility index (Phi) is 5.20. The van der Waals surface area contributed by atoms with Gasteiger partial charge in [-0.3, -0.25) is 4.90 Å². The minimum Gasteiger partial charge on any atom is -0.329 e. The zero-order valence-corrected chi connectivity index (χ0v) is 12.2. The highest BCUT2D eigenvalue weighted by Crippen LogP contribution is 2.33. The van der Waals surface area contributed by atoms with Gasteiger partial charge in [0.1, 0.15) is 5.82 Å². The fourth-order valence-corrected chi connectivity index (χ4v) is 2.70. The van der Waals surface area contributed by atoms with Gasteiger partial charge >= 0.3 is 0 Å². The average molecular weight is 285 g/mol. The summed E-state index contributed by atoms with van der Waals surface area (Å²) >= 11 is 5.88. The first-order valence-electron chi connectivity index (χ1n) is 7.04. The number of rotatable bonds is 7. The van der Waals surface area contributed by atoms with Crippen molar-refractivity contribution in [1.29, 1.82) is 0 Å². The van der Waals surface area contributed by atoms with Crippen LogP contribution in [0.2, 0.25) is 5.02 Å². The smallest absolute Gasteiger partial charge is 0.141 e. The van der Waals surface area contributed by atoms with Crippen LogP contribution in [-0.4, -0.2) is 24.5 Å². The maximum atomic E-state index is 13.3. The van der Waals surface area contributed by atoms with E-state index in [2.05, 4.69) is 11.8 Å². The van der Waals surface area contributed by atoms with Gasteiger partial charge in [0, 0.05) is 19.1 Å². The monoisotopic (exact) mass is 284 g/mol. The molecular formula is C15H22ClFN2. The van der Waals surface area contributed by atoms with Gasteiger partial charge in [-0.15, -0.1) is 0 Å². The van der Waals surface area contributed by atoms with Crippen molar-refractivity contribution < 1.29 is 4.39 Å². The topological polar surface area (TPSA) is 29.3 Å². The molecule has 0 bridgehead atoms. The van der Waals surface area contributed by atoms with Gasteiger partial charge in [0.05, 0.1) is 5.02 Å². The molecule has 19 heavy (non-hydrogen) atoms. The van der Waals surface area contributed by atoms with E-state index in [-0.39, 0.29) is 16.9 Å². The Labute approximate surface area is 119 Å². The first kappa shape index (κ1) is 14.8. The lowest BCUT2D eigenvalue weighted by Gasteiger charge is -2.31. The van der Waals surface area contributed by atoms with Crippen molar-refractivity contribution >= 4 is 11.6 Å². The summed E-state index contributed by atoms with van der Waals surface area (Å²) in [7, 11) is 0. The summed E-state index contributed by atoms with van der Waals surface area (Å²) in [5.41, 5.74) is 6.96. The molecular weight excluding hydrogens is 263 g/mol. The number of nitrogens with two attached hydrogens (primary N) is 1. The van der Waals surface area contributed by atoms with Gasteiger partial charge in [0.2, 0.25) is 0 Å². The van der Waals surface area contributed by atoms with Crippen LogP contribution in [0.25, 0.3) is 0 Å². The highest BCUT2D eigenvalue weighted by atomic mass is 35.5. The van der Waals surface area contributed by atoms with Crippen LogP contribution in [0.4, 0.5) is 4.39 Å². The van der Waals surface area contributed by atoms with Gasteiger partial charge in [0.15, 0.2) is 0 Å². The second-order valence-corrected chi connectivity index (χ2v) is 5.77. The summed E-state index contributed by atoms with van der Waals surface area (Å²) in [6, 6.07) is 5.08. The molecule has 1 aliphatic rings. The van der Waals surface area contributed by atoms with E-state index >= 15 is 0 Å². The molecule has 2 rings (SSSR count). The molecule has 1 atom stereocenters. The fourth-order valence-electron chi connectivity index (χ4n) is 2.51. The third-order valence-corrected chi connectivity index (χ3v) is 3.98. The summed E-state index contributed by atoms with van der Waals surface area (Å²) in [6.07, 6.45) is 3.74. The van der Waals surface area contributed by atoms with Crippen molar-refractivity contribution in [3.05, 3.63) is 34.6 Å². The molecule has 2 nitrogen and oxygen atoms in total. The predicted octanol–water partition coefficient (Wildman–Crippen LogP) is 3.60. The van der Waals surface area contributed by atoms with Crippen LogP contribution in [0.5, 0.6) is 0 Å². The molecule has 1 saturated carbocycles. The molecule has 2 N–H and O–H groups in total. The van der Waals surface area contributed by atoms with Crippen LogP contribution in [0.1, 0.15) is 37.8 Å². The molecule has 0 aromatic heterocycles. The van der Waals surface area contributed by atoms with E-state index in [1.807, 2.05) is 0 Å².